The van der Waals surface area contributed by atoms with Gasteiger partial charge in [0.2, 0.25) is 11.1 Å². The second-order valence-electron chi connectivity index (χ2n) is 5.19. The summed E-state index contributed by atoms with van der Waals surface area (Å²) >= 11 is 1.40. The molecule has 1 aliphatic rings. The predicted octanol–water partition coefficient (Wildman–Crippen LogP) is 0.0956. The molecule has 126 valence electrons. The van der Waals surface area contributed by atoms with Crippen LogP contribution in [0.2, 0.25) is 0 Å². The summed E-state index contributed by atoms with van der Waals surface area (Å²) in [6.45, 7) is 0.158. The van der Waals surface area contributed by atoms with Gasteiger partial charge in [0, 0.05) is 12.8 Å². The quantitative estimate of drug-likeness (QED) is 0.562. The molecule has 2 aromatic rings. The van der Waals surface area contributed by atoms with E-state index in [1.54, 1.807) is 11.7 Å². The highest BCUT2D eigenvalue weighted by atomic mass is 32.2. The highest BCUT2D eigenvalue weighted by Gasteiger charge is 2.40. The van der Waals surface area contributed by atoms with E-state index in [1.807, 2.05) is 30.3 Å². The number of β-lactam (4-membered cyclic amide) rings is 1. The summed E-state index contributed by atoms with van der Waals surface area (Å²) in [4.78, 5) is 23.5. The van der Waals surface area contributed by atoms with Gasteiger partial charge in [0.25, 0.3) is 0 Å². The van der Waals surface area contributed by atoms with Crippen molar-refractivity contribution >= 4 is 23.8 Å². The minimum absolute atomic E-state index is 0.158. The standard InChI is InChI=1S/C14H16N6O3S/c1-20-13(17-18-19-20)24-8-10-11(12(21)15-10)16-14(22)23-7-9-5-3-2-4-6-9/h2-6,10-11H,7-8H2,1H3,(H,15,21)(H,16,22). The molecule has 2 N–H and O–H groups in total. The number of carbonyl (C=O) groups excluding carboxylic acids is 2. The molecule has 0 saturated carbocycles. The highest BCUT2D eigenvalue weighted by molar-refractivity contribution is 7.99. The van der Waals surface area contributed by atoms with Gasteiger partial charge < -0.3 is 15.4 Å². The molecule has 1 aliphatic heterocycles. The number of carbonyl (C=O) groups is 2. The second-order valence-corrected chi connectivity index (χ2v) is 6.18. The number of tetrazole rings is 1. The summed E-state index contributed by atoms with van der Waals surface area (Å²) in [5.74, 6) is 0.317. The molecule has 1 saturated heterocycles. The Kier molecular flexibility index (Phi) is 4.94. The molecule has 10 heteroatoms. The lowest BCUT2D eigenvalue weighted by Crippen LogP contribution is -2.70. The first-order chi connectivity index (χ1) is 11.6. The van der Waals surface area contributed by atoms with E-state index in [-0.39, 0.29) is 18.6 Å². The van der Waals surface area contributed by atoms with Crippen LogP contribution in [0.5, 0.6) is 0 Å². The van der Waals surface area contributed by atoms with Crippen molar-refractivity contribution in [2.24, 2.45) is 7.05 Å². The number of alkyl carbamates (subject to hydrolysis) is 1. The Labute approximate surface area is 142 Å². The van der Waals surface area contributed by atoms with Crippen molar-refractivity contribution in [2.45, 2.75) is 23.8 Å². The maximum atomic E-state index is 11.8. The van der Waals surface area contributed by atoms with Gasteiger partial charge in [-0.2, -0.15) is 0 Å². The topological polar surface area (TPSA) is 111 Å². The number of nitrogens with zero attached hydrogens (tertiary/aromatic N) is 4. The lowest BCUT2D eigenvalue weighted by atomic mass is 10.0. The van der Waals surface area contributed by atoms with Gasteiger partial charge in [-0.1, -0.05) is 42.1 Å². The molecule has 2 heterocycles. The predicted molar refractivity (Wildman–Crippen MR) is 85.0 cm³/mol. The van der Waals surface area contributed by atoms with Gasteiger partial charge >= 0.3 is 6.09 Å². The van der Waals surface area contributed by atoms with E-state index < -0.39 is 12.1 Å². The maximum absolute atomic E-state index is 11.8. The number of aromatic nitrogens is 4. The summed E-state index contributed by atoms with van der Waals surface area (Å²) in [7, 11) is 1.73. The number of benzene rings is 1. The Morgan fingerprint density at radius 2 is 2.21 bits per heavy atom. The normalized spacial score (nSPS) is 19.3. The first-order valence-corrected chi connectivity index (χ1v) is 8.25. The van der Waals surface area contributed by atoms with Gasteiger partial charge in [-0.05, 0) is 16.0 Å². The van der Waals surface area contributed by atoms with E-state index in [4.69, 9.17) is 4.74 Å². The van der Waals surface area contributed by atoms with Crippen LogP contribution in [0, 0.1) is 0 Å². The third-order valence-electron chi connectivity index (χ3n) is 3.47. The zero-order valence-electron chi connectivity index (χ0n) is 12.9. The summed E-state index contributed by atoms with van der Waals surface area (Å²) in [5.41, 5.74) is 0.882. The van der Waals surface area contributed by atoms with Crippen LogP contribution in [-0.4, -0.2) is 50.0 Å². The van der Waals surface area contributed by atoms with Crippen molar-refractivity contribution in [3.63, 3.8) is 0 Å². The molecule has 2 amide bonds. The van der Waals surface area contributed by atoms with Crippen LogP contribution in [-0.2, 0) is 23.2 Å². The fourth-order valence-electron chi connectivity index (χ4n) is 2.15. The number of nitrogens with one attached hydrogen (secondary N) is 2. The zero-order valence-corrected chi connectivity index (χ0v) is 13.7. The highest BCUT2D eigenvalue weighted by Crippen LogP contribution is 2.19. The molecule has 2 unspecified atom stereocenters. The molecule has 1 fully saturated rings. The number of ether oxygens (including phenoxy) is 1. The van der Waals surface area contributed by atoms with Crippen LogP contribution in [0.15, 0.2) is 35.5 Å². The van der Waals surface area contributed by atoms with Crippen molar-refractivity contribution in [3.8, 4) is 0 Å². The Balaban J connectivity index is 1.45. The van der Waals surface area contributed by atoms with Crippen LogP contribution in [0.25, 0.3) is 0 Å². The molecule has 9 nitrogen and oxygen atoms in total. The number of thioether (sulfide) groups is 1. The number of rotatable bonds is 6. The number of hydrogen-bond acceptors (Lipinski definition) is 7. The summed E-state index contributed by atoms with van der Waals surface area (Å²) in [6, 6.07) is 8.53. The Morgan fingerprint density at radius 1 is 1.42 bits per heavy atom. The first kappa shape index (κ1) is 16.2. The number of aryl methyl sites for hydroxylation is 1. The largest absolute Gasteiger partial charge is 0.445 e. The fraction of sp³-hybridized carbons (Fsp3) is 0.357. The SMILES string of the molecule is Cn1nnnc1SCC1NC(=O)C1NC(=O)OCc1ccccc1. The Hall–Kier alpha value is -2.62. The lowest BCUT2D eigenvalue weighted by molar-refractivity contribution is -0.130. The number of hydrogen-bond donors (Lipinski definition) is 2. The van der Waals surface area contributed by atoms with Crippen molar-refractivity contribution in [2.75, 3.05) is 5.75 Å². The minimum Gasteiger partial charge on any atom is -0.445 e. The molecular formula is C14H16N6O3S. The monoisotopic (exact) mass is 348 g/mol. The van der Waals surface area contributed by atoms with Crippen molar-refractivity contribution < 1.29 is 14.3 Å². The maximum Gasteiger partial charge on any atom is 0.408 e. The van der Waals surface area contributed by atoms with E-state index in [1.165, 1.54) is 11.8 Å². The van der Waals surface area contributed by atoms with E-state index in [0.717, 1.165) is 5.56 Å². The van der Waals surface area contributed by atoms with E-state index in [9.17, 15) is 9.59 Å². The molecule has 0 bridgehead atoms. The smallest absolute Gasteiger partial charge is 0.408 e. The number of amides is 2. The van der Waals surface area contributed by atoms with E-state index >= 15 is 0 Å². The van der Waals surface area contributed by atoms with Gasteiger partial charge in [0.1, 0.15) is 12.6 Å². The first-order valence-electron chi connectivity index (χ1n) is 7.26. The van der Waals surface area contributed by atoms with Crippen LogP contribution >= 0.6 is 11.8 Å². The van der Waals surface area contributed by atoms with Crippen molar-refractivity contribution in [3.05, 3.63) is 35.9 Å². The van der Waals surface area contributed by atoms with E-state index in [2.05, 4.69) is 26.2 Å². The fourth-order valence-corrected chi connectivity index (χ4v) is 3.07. The molecule has 24 heavy (non-hydrogen) atoms. The Bertz CT molecular complexity index is 722. The van der Waals surface area contributed by atoms with Crippen LogP contribution in [0.3, 0.4) is 0 Å². The molecule has 2 atom stereocenters. The average Bonchev–Trinajstić information content (AvgIpc) is 3.00. The summed E-state index contributed by atoms with van der Waals surface area (Å²) in [5, 5.41) is 17.1. The molecule has 0 aliphatic carbocycles. The van der Waals surface area contributed by atoms with Gasteiger partial charge in [0.15, 0.2) is 0 Å². The van der Waals surface area contributed by atoms with E-state index in [0.29, 0.717) is 10.9 Å². The van der Waals surface area contributed by atoms with Crippen molar-refractivity contribution in [1.29, 1.82) is 0 Å². The van der Waals surface area contributed by atoms with Crippen LogP contribution in [0.1, 0.15) is 5.56 Å². The lowest BCUT2D eigenvalue weighted by Gasteiger charge is -2.36. The van der Waals surface area contributed by atoms with Crippen LogP contribution < -0.4 is 10.6 Å². The zero-order chi connectivity index (χ0) is 16.9. The third kappa shape index (κ3) is 3.82. The van der Waals surface area contributed by atoms with Crippen molar-refractivity contribution in [1.82, 2.24) is 30.8 Å². The van der Waals surface area contributed by atoms with Gasteiger partial charge in [-0.15, -0.1) is 5.10 Å². The Morgan fingerprint density at radius 3 is 2.88 bits per heavy atom. The molecule has 3 rings (SSSR count). The molecular weight excluding hydrogens is 332 g/mol. The van der Waals surface area contributed by atoms with Gasteiger partial charge in [-0.25, -0.2) is 9.48 Å². The molecule has 0 spiro atoms. The second kappa shape index (κ2) is 7.30. The molecule has 1 aromatic heterocycles. The van der Waals surface area contributed by atoms with Gasteiger partial charge in [0.05, 0.1) is 6.04 Å². The molecule has 0 radical (unpaired) electrons. The average molecular weight is 348 g/mol. The summed E-state index contributed by atoms with van der Waals surface area (Å²) in [6.07, 6.45) is -0.617. The van der Waals surface area contributed by atoms with Crippen LogP contribution in [0.4, 0.5) is 4.79 Å². The minimum atomic E-state index is -0.617. The molecule has 1 aromatic carbocycles. The van der Waals surface area contributed by atoms with Gasteiger partial charge in [-0.3, -0.25) is 4.79 Å². The summed E-state index contributed by atoms with van der Waals surface area (Å²) < 4.78 is 6.67. The third-order valence-corrected chi connectivity index (χ3v) is 4.60.